The lowest BCUT2D eigenvalue weighted by Crippen LogP contribution is -2.34. The molecule has 0 aliphatic rings. The van der Waals surface area contributed by atoms with Gasteiger partial charge >= 0.3 is 6.03 Å². The minimum absolute atomic E-state index is 0.0216. The average Bonchev–Trinajstić information content (AvgIpc) is 2.61. The first-order valence-corrected chi connectivity index (χ1v) is 9.27. The molecule has 0 aliphatic carbocycles. The van der Waals surface area contributed by atoms with Gasteiger partial charge in [-0.05, 0) is 50.6 Å². The lowest BCUT2D eigenvalue weighted by atomic mass is 10.1. The molecule has 148 valence electrons. The Balaban J connectivity index is 2.11. The number of rotatable bonds is 7. The molecule has 0 radical (unpaired) electrons. The second kappa shape index (κ2) is 10.1. The van der Waals surface area contributed by atoms with E-state index in [1.807, 2.05) is 20.8 Å². The molecular formula is C21H26N4O3. The Morgan fingerprint density at radius 1 is 0.893 bits per heavy atom. The minimum Gasteiger partial charge on any atom is -0.336 e. The van der Waals surface area contributed by atoms with Gasteiger partial charge in [0.1, 0.15) is 0 Å². The van der Waals surface area contributed by atoms with Crippen LogP contribution in [0.2, 0.25) is 0 Å². The molecule has 2 aromatic carbocycles. The summed E-state index contributed by atoms with van der Waals surface area (Å²) in [6.45, 7) is 5.64. The first-order chi connectivity index (χ1) is 13.4. The molecule has 4 N–H and O–H groups in total. The van der Waals surface area contributed by atoms with E-state index in [4.69, 9.17) is 0 Å². The van der Waals surface area contributed by atoms with Crippen molar-refractivity contribution in [3.8, 4) is 0 Å². The van der Waals surface area contributed by atoms with Crippen LogP contribution < -0.4 is 21.3 Å². The molecule has 0 bridgehead atoms. The Bertz CT molecular complexity index is 849. The molecule has 0 spiro atoms. The summed E-state index contributed by atoms with van der Waals surface area (Å²) in [5.41, 5.74) is 1.90. The van der Waals surface area contributed by atoms with Crippen LogP contribution in [0.15, 0.2) is 48.5 Å². The van der Waals surface area contributed by atoms with Crippen molar-refractivity contribution in [1.29, 1.82) is 0 Å². The maximum absolute atomic E-state index is 12.7. The van der Waals surface area contributed by atoms with Gasteiger partial charge in [0.25, 0.3) is 5.91 Å². The lowest BCUT2D eigenvalue weighted by molar-refractivity contribution is -0.116. The number of amides is 4. The number of benzene rings is 2. The third-order valence-electron chi connectivity index (χ3n) is 3.72. The quantitative estimate of drug-likeness (QED) is 0.577. The van der Waals surface area contributed by atoms with Gasteiger partial charge in [0.2, 0.25) is 5.91 Å². The van der Waals surface area contributed by atoms with Crippen molar-refractivity contribution in [3.05, 3.63) is 54.1 Å². The molecule has 0 saturated carbocycles. The number of urea groups is 1. The second-order valence-corrected chi connectivity index (χ2v) is 6.63. The standard InChI is InChI=1S/C21H26N4O3/c1-4-8-19(26)23-15-9-7-10-16(13-15)24-20(27)17-11-5-6-12-18(17)25-21(28)22-14(2)3/h5-7,9-14H,4,8H2,1-3H3,(H,23,26)(H,24,27)(H2,22,25,28). The maximum atomic E-state index is 12.7. The van der Waals surface area contributed by atoms with Gasteiger partial charge in [0, 0.05) is 23.8 Å². The van der Waals surface area contributed by atoms with Crippen LogP contribution in [0.1, 0.15) is 44.0 Å². The van der Waals surface area contributed by atoms with Gasteiger partial charge in [-0.1, -0.05) is 25.1 Å². The van der Waals surface area contributed by atoms with Crippen LogP contribution >= 0.6 is 0 Å². The van der Waals surface area contributed by atoms with Crippen molar-refractivity contribution in [1.82, 2.24) is 5.32 Å². The van der Waals surface area contributed by atoms with E-state index in [0.717, 1.165) is 6.42 Å². The number of nitrogens with one attached hydrogen (secondary N) is 4. The summed E-state index contributed by atoms with van der Waals surface area (Å²) in [6, 6.07) is 13.3. The molecule has 2 aromatic rings. The Kier molecular flexibility index (Phi) is 7.56. The average molecular weight is 382 g/mol. The Morgan fingerprint density at radius 2 is 1.57 bits per heavy atom. The zero-order chi connectivity index (χ0) is 20.5. The van der Waals surface area contributed by atoms with Gasteiger partial charge in [0.05, 0.1) is 11.3 Å². The molecule has 0 fully saturated rings. The number of anilines is 3. The second-order valence-electron chi connectivity index (χ2n) is 6.63. The number of carbonyl (C=O) groups excluding carboxylic acids is 3. The van der Waals surface area contributed by atoms with Gasteiger partial charge in [0.15, 0.2) is 0 Å². The molecule has 7 heteroatoms. The topological polar surface area (TPSA) is 99.3 Å². The van der Waals surface area contributed by atoms with E-state index in [9.17, 15) is 14.4 Å². The van der Waals surface area contributed by atoms with Crippen molar-refractivity contribution in [2.24, 2.45) is 0 Å². The third-order valence-corrected chi connectivity index (χ3v) is 3.72. The van der Waals surface area contributed by atoms with Crippen LogP contribution in [0, 0.1) is 0 Å². The fourth-order valence-corrected chi connectivity index (χ4v) is 2.53. The SMILES string of the molecule is CCCC(=O)Nc1cccc(NC(=O)c2ccccc2NC(=O)NC(C)C)c1. The van der Waals surface area contributed by atoms with Gasteiger partial charge in [-0.25, -0.2) is 4.79 Å². The van der Waals surface area contributed by atoms with Crippen LogP contribution in [-0.4, -0.2) is 23.9 Å². The van der Waals surface area contributed by atoms with E-state index in [-0.39, 0.29) is 23.9 Å². The predicted molar refractivity (Wildman–Crippen MR) is 112 cm³/mol. The summed E-state index contributed by atoms with van der Waals surface area (Å²) in [5.74, 6) is -0.436. The van der Waals surface area contributed by atoms with Crippen LogP contribution in [0.3, 0.4) is 0 Å². The Labute approximate surface area is 164 Å². The molecule has 4 amide bonds. The minimum atomic E-state index is -0.379. The number of para-hydroxylation sites is 1. The zero-order valence-corrected chi connectivity index (χ0v) is 16.3. The first-order valence-electron chi connectivity index (χ1n) is 9.27. The molecule has 0 aliphatic heterocycles. The fourth-order valence-electron chi connectivity index (χ4n) is 2.53. The largest absolute Gasteiger partial charge is 0.336 e. The molecule has 0 unspecified atom stereocenters. The van der Waals surface area contributed by atoms with Gasteiger partial charge in [-0.15, -0.1) is 0 Å². The van der Waals surface area contributed by atoms with E-state index in [0.29, 0.717) is 29.0 Å². The van der Waals surface area contributed by atoms with Gasteiger partial charge in [-0.2, -0.15) is 0 Å². The summed E-state index contributed by atoms with van der Waals surface area (Å²) in [5, 5.41) is 11.0. The summed E-state index contributed by atoms with van der Waals surface area (Å²) < 4.78 is 0. The van der Waals surface area contributed by atoms with Crippen LogP contribution in [0.25, 0.3) is 0 Å². The van der Waals surface area contributed by atoms with Crippen LogP contribution in [0.4, 0.5) is 21.9 Å². The van der Waals surface area contributed by atoms with Crippen molar-refractivity contribution < 1.29 is 14.4 Å². The normalized spacial score (nSPS) is 10.3. The summed E-state index contributed by atoms with van der Waals surface area (Å²) in [4.78, 5) is 36.4. The summed E-state index contributed by atoms with van der Waals surface area (Å²) in [6.07, 6.45) is 1.20. The molecule has 2 rings (SSSR count). The molecule has 0 saturated heterocycles. The number of hydrogen-bond acceptors (Lipinski definition) is 3. The molecule has 0 atom stereocenters. The van der Waals surface area contributed by atoms with Gasteiger partial charge in [-0.3, -0.25) is 9.59 Å². The molecular weight excluding hydrogens is 356 g/mol. The van der Waals surface area contributed by atoms with Crippen molar-refractivity contribution >= 4 is 34.9 Å². The van der Waals surface area contributed by atoms with Crippen molar-refractivity contribution in [2.45, 2.75) is 39.7 Å². The zero-order valence-electron chi connectivity index (χ0n) is 16.3. The fraction of sp³-hybridized carbons (Fsp3) is 0.286. The highest BCUT2D eigenvalue weighted by atomic mass is 16.2. The van der Waals surface area contributed by atoms with Crippen LogP contribution in [-0.2, 0) is 4.79 Å². The van der Waals surface area contributed by atoms with Gasteiger partial charge < -0.3 is 21.3 Å². The third kappa shape index (κ3) is 6.42. The highest BCUT2D eigenvalue weighted by Crippen LogP contribution is 2.20. The number of hydrogen-bond donors (Lipinski definition) is 4. The predicted octanol–water partition coefficient (Wildman–Crippen LogP) is 4.21. The smallest absolute Gasteiger partial charge is 0.319 e. The van der Waals surface area contributed by atoms with E-state index in [2.05, 4.69) is 21.3 Å². The lowest BCUT2D eigenvalue weighted by Gasteiger charge is -2.14. The summed E-state index contributed by atoms with van der Waals surface area (Å²) >= 11 is 0. The summed E-state index contributed by atoms with van der Waals surface area (Å²) in [7, 11) is 0. The monoisotopic (exact) mass is 382 g/mol. The Morgan fingerprint density at radius 3 is 2.25 bits per heavy atom. The molecule has 28 heavy (non-hydrogen) atoms. The highest BCUT2D eigenvalue weighted by Gasteiger charge is 2.14. The van der Waals surface area contributed by atoms with Crippen LogP contribution in [0.5, 0.6) is 0 Å². The molecule has 0 heterocycles. The Hall–Kier alpha value is -3.35. The highest BCUT2D eigenvalue weighted by molar-refractivity contribution is 6.10. The van der Waals surface area contributed by atoms with E-state index < -0.39 is 0 Å². The number of carbonyl (C=O) groups is 3. The molecule has 7 nitrogen and oxygen atoms in total. The van der Waals surface area contributed by atoms with E-state index >= 15 is 0 Å². The van der Waals surface area contributed by atoms with E-state index in [1.165, 1.54) is 0 Å². The van der Waals surface area contributed by atoms with Crippen molar-refractivity contribution in [3.63, 3.8) is 0 Å². The maximum Gasteiger partial charge on any atom is 0.319 e. The first kappa shape index (κ1) is 21.0. The molecule has 0 aromatic heterocycles. The van der Waals surface area contributed by atoms with Crippen molar-refractivity contribution in [2.75, 3.05) is 16.0 Å². The van der Waals surface area contributed by atoms with E-state index in [1.54, 1.807) is 48.5 Å².